The molecule has 16 heavy (non-hydrogen) atoms. The molecule has 0 aromatic heterocycles. The Labute approximate surface area is 95.8 Å². The lowest BCUT2D eigenvalue weighted by molar-refractivity contribution is -0.121. The summed E-state index contributed by atoms with van der Waals surface area (Å²) in [4.78, 5) is 11.2. The quantitative estimate of drug-likeness (QED) is 0.798. The summed E-state index contributed by atoms with van der Waals surface area (Å²) in [6, 6.07) is 7.47. The lowest BCUT2D eigenvalue weighted by atomic mass is 10.0. The van der Waals surface area contributed by atoms with Gasteiger partial charge in [0.15, 0.2) is 0 Å². The number of benzene rings is 1. The van der Waals surface area contributed by atoms with Gasteiger partial charge in [0, 0.05) is 0 Å². The number of amides is 1. The van der Waals surface area contributed by atoms with Crippen molar-refractivity contribution < 1.29 is 9.53 Å². The first kappa shape index (κ1) is 12.4. The summed E-state index contributed by atoms with van der Waals surface area (Å²) in [5, 5.41) is 3.07. The third kappa shape index (κ3) is 2.89. The number of nitrogens with two attached hydrogens (primary N) is 1. The Balaban J connectivity index is 2.92. The third-order valence-electron chi connectivity index (χ3n) is 2.25. The number of para-hydroxylation sites is 2. The van der Waals surface area contributed by atoms with Gasteiger partial charge in [0.05, 0.1) is 12.3 Å². The monoisotopic (exact) mass is 222 g/mol. The van der Waals surface area contributed by atoms with Crippen molar-refractivity contribution >= 4 is 11.6 Å². The fourth-order valence-electron chi connectivity index (χ4n) is 1.25. The highest BCUT2D eigenvalue weighted by Crippen LogP contribution is 2.26. The van der Waals surface area contributed by atoms with Gasteiger partial charge >= 0.3 is 0 Å². The van der Waals surface area contributed by atoms with Crippen LogP contribution in [0.25, 0.3) is 0 Å². The minimum Gasteiger partial charge on any atom is -0.492 e. The SMILES string of the molecule is CCOc1ccccc1NC(C)(C)C(N)=O. The summed E-state index contributed by atoms with van der Waals surface area (Å²) in [6.45, 7) is 5.96. The molecule has 1 aromatic rings. The van der Waals surface area contributed by atoms with Crippen LogP contribution in [-0.4, -0.2) is 18.1 Å². The van der Waals surface area contributed by atoms with E-state index in [-0.39, 0.29) is 0 Å². The van der Waals surface area contributed by atoms with Gasteiger partial charge < -0.3 is 15.8 Å². The van der Waals surface area contributed by atoms with Gasteiger partial charge in [0.2, 0.25) is 5.91 Å². The normalized spacial score (nSPS) is 10.9. The molecule has 0 radical (unpaired) electrons. The lowest BCUT2D eigenvalue weighted by Gasteiger charge is -2.25. The Morgan fingerprint density at radius 3 is 2.62 bits per heavy atom. The molecule has 0 aliphatic heterocycles. The smallest absolute Gasteiger partial charge is 0.242 e. The van der Waals surface area contributed by atoms with Crippen molar-refractivity contribution in [3.05, 3.63) is 24.3 Å². The molecule has 0 heterocycles. The summed E-state index contributed by atoms with van der Waals surface area (Å²) < 4.78 is 5.45. The predicted octanol–water partition coefficient (Wildman–Crippen LogP) is 1.76. The van der Waals surface area contributed by atoms with Gasteiger partial charge in [0.25, 0.3) is 0 Å². The fourth-order valence-corrected chi connectivity index (χ4v) is 1.25. The molecule has 4 nitrogen and oxygen atoms in total. The van der Waals surface area contributed by atoms with Crippen molar-refractivity contribution in [1.82, 2.24) is 0 Å². The Morgan fingerprint density at radius 2 is 2.06 bits per heavy atom. The van der Waals surface area contributed by atoms with Crippen LogP contribution in [0.4, 0.5) is 5.69 Å². The van der Waals surface area contributed by atoms with E-state index < -0.39 is 11.4 Å². The molecule has 3 N–H and O–H groups in total. The molecule has 4 heteroatoms. The molecular weight excluding hydrogens is 204 g/mol. The average molecular weight is 222 g/mol. The summed E-state index contributed by atoms with van der Waals surface area (Å²) in [6.07, 6.45) is 0. The van der Waals surface area contributed by atoms with E-state index in [9.17, 15) is 4.79 Å². The van der Waals surface area contributed by atoms with Crippen LogP contribution < -0.4 is 15.8 Å². The molecule has 0 atom stereocenters. The number of nitrogens with one attached hydrogen (secondary N) is 1. The van der Waals surface area contributed by atoms with E-state index in [4.69, 9.17) is 10.5 Å². The molecule has 0 bridgehead atoms. The molecule has 0 spiro atoms. The van der Waals surface area contributed by atoms with Crippen LogP contribution in [0.1, 0.15) is 20.8 Å². The Hall–Kier alpha value is -1.71. The van der Waals surface area contributed by atoms with Crippen molar-refractivity contribution in [2.24, 2.45) is 5.73 Å². The van der Waals surface area contributed by atoms with Crippen LogP contribution >= 0.6 is 0 Å². The molecular formula is C12H18N2O2. The Bertz CT molecular complexity index is 375. The zero-order valence-corrected chi connectivity index (χ0v) is 9.91. The largest absolute Gasteiger partial charge is 0.492 e. The van der Waals surface area contributed by atoms with E-state index in [0.717, 1.165) is 11.4 Å². The highest BCUT2D eigenvalue weighted by molar-refractivity contribution is 5.87. The maximum Gasteiger partial charge on any atom is 0.242 e. The maximum absolute atomic E-state index is 11.2. The molecule has 0 saturated heterocycles. The molecule has 1 amide bonds. The van der Waals surface area contributed by atoms with Crippen LogP contribution in [0.2, 0.25) is 0 Å². The first-order chi connectivity index (χ1) is 7.47. The fraction of sp³-hybridized carbons (Fsp3) is 0.417. The highest BCUT2D eigenvalue weighted by atomic mass is 16.5. The summed E-state index contributed by atoms with van der Waals surface area (Å²) in [5.41, 5.74) is 5.27. The number of rotatable bonds is 5. The second kappa shape index (κ2) is 4.88. The van der Waals surface area contributed by atoms with Gasteiger partial charge in [-0.25, -0.2) is 0 Å². The van der Waals surface area contributed by atoms with Crippen LogP contribution in [0, 0.1) is 0 Å². The van der Waals surface area contributed by atoms with E-state index in [1.54, 1.807) is 13.8 Å². The highest BCUT2D eigenvalue weighted by Gasteiger charge is 2.25. The van der Waals surface area contributed by atoms with E-state index in [2.05, 4.69) is 5.32 Å². The zero-order valence-electron chi connectivity index (χ0n) is 9.91. The molecule has 0 unspecified atom stereocenters. The molecule has 0 aliphatic carbocycles. The van der Waals surface area contributed by atoms with Crippen LogP contribution in [0.15, 0.2) is 24.3 Å². The molecule has 0 saturated carbocycles. The predicted molar refractivity (Wildman–Crippen MR) is 64.5 cm³/mol. The maximum atomic E-state index is 11.2. The Morgan fingerprint density at radius 1 is 1.44 bits per heavy atom. The molecule has 1 rings (SSSR count). The molecule has 1 aromatic carbocycles. The number of hydrogen-bond acceptors (Lipinski definition) is 3. The van der Waals surface area contributed by atoms with Gasteiger partial charge in [-0.1, -0.05) is 12.1 Å². The average Bonchev–Trinajstić information content (AvgIpc) is 2.20. The summed E-state index contributed by atoms with van der Waals surface area (Å²) in [7, 11) is 0. The number of carbonyl (C=O) groups excluding carboxylic acids is 1. The van der Waals surface area contributed by atoms with Gasteiger partial charge in [-0.15, -0.1) is 0 Å². The van der Waals surface area contributed by atoms with E-state index in [0.29, 0.717) is 6.61 Å². The van der Waals surface area contributed by atoms with Gasteiger partial charge in [-0.3, -0.25) is 4.79 Å². The second-order valence-corrected chi connectivity index (χ2v) is 4.04. The number of carbonyl (C=O) groups is 1. The summed E-state index contributed by atoms with van der Waals surface area (Å²) in [5.74, 6) is 0.318. The van der Waals surface area contributed by atoms with Crippen molar-refractivity contribution in [1.29, 1.82) is 0 Å². The van der Waals surface area contributed by atoms with Crippen LogP contribution in [0.5, 0.6) is 5.75 Å². The van der Waals surface area contributed by atoms with Crippen LogP contribution in [-0.2, 0) is 4.79 Å². The standard InChI is InChI=1S/C12H18N2O2/c1-4-16-10-8-6-5-7-9(10)14-12(2,3)11(13)15/h5-8,14H,4H2,1-3H3,(H2,13,15). The van der Waals surface area contributed by atoms with Crippen molar-refractivity contribution in [3.8, 4) is 5.75 Å². The minimum atomic E-state index is -0.798. The zero-order chi connectivity index (χ0) is 12.2. The number of anilines is 1. The van der Waals surface area contributed by atoms with Crippen molar-refractivity contribution in [3.63, 3.8) is 0 Å². The number of ether oxygens (including phenoxy) is 1. The van der Waals surface area contributed by atoms with E-state index in [1.165, 1.54) is 0 Å². The number of primary amides is 1. The number of hydrogen-bond donors (Lipinski definition) is 2. The van der Waals surface area contributed by atoms with E-state index >= 15 is 0 Å². The molecule has 88 valence electrons. The Kier molecular flexibility index (Phi) is 3.77. The van der Waals surface area contributed by atoms with Gasteiger partial charge in [0.1, 0.15) is 11.3 Å². The summed E-state index contributed by atoms with van der Waals surface area (Å²) >= 11 is 0. The third-order valence-corrected chi connectivity index (χ3v) is 2.25. The van der Waals surface area contributed by atoms with Crippen molar-refractivity contribution in [2.75, 3.05) is 11.9 Å². The lowest BCUT2D eigenvalue weighted by Crippen LogP contribution is -2.45. The topological polar surface area (TPSA) is 64.3 Å². The molecule has 0 fully saturated rings. The second-order valence-electron chi connectivity index (χ2n) is 4.04. The first-order valence-corrected chi connectivity index (χ1v) is 5.27. The van der Waals surface area contributed by atoms with Crippen molar-refractivity contribution in [2.45, 2.75) is 26.3 Å². The van der Waals surface area contributed by atoms with Gasteiger partial charge in [-0.05, 0) is 32.9 Å². The first-order valence-electron chi connectivity index (χ1n) is 5.27. The van der Waals surface area contributed by atoms with Crippen LogP contribution in [0.3, 0.4) is 0 Å². The van der Waals surface area contributed by atoms with Gasteiger partial charge in [-0.2, -0.15) is 0 Å². The van der Waals surface area contributed by atoms with E-state index in [1.807, 2.05) is 31.2 Å². The minimum absolute atomic E-state index is 0.404. The molecule has 0 aliphatic rings.